The molecule has 0 radical (unpaired) electrons. The fourth-order valence-electron chi connectivity index (χ4n) is 3.19. The first-order chi connectivity index (χ1) is 8.73. The van der Waals surface area contributed by atoms with Gasteiger partial charge in [0.05, 0.1) is 0 Å². The van der Waals surface area contributed by atoms with E-state index in [1.807, 2.05) is 0 Å². The van der Waals surface area contributed by atoms with Crippen LogP contribution < -0.4 is 15.2 Å². The summed E-state index contributed by atoms with van der Waals surface area (Å²) in [5.74, 6) is 1.73. The molecule has 1 aromatic carbocycles. The van der Waals surface area contributed by atoms with Crippen LogP contribution in [0, 0.1) is 0 Å². The molecule has 1 fully saturated rings. The third-order valence-electron chi connectivity index (χ3n) is 4.26. The number of hydrogen-bond donors (Lipinski definition) is 1. The number of benzene rings is 1. The summed E-state index contributed by atoms with van der Waals surface area (Å²) in [4.78, 5) is 0. The summed E-state index contributed by atoms with van der Waals surface area (Å²) in [7, 11) is 0. The Morgan fingerprint density at radius 1 is 1.11 bits per heavy atom. The third-order valence-corrected chi connectivity index (χ3v) is 4.26. The molecule has 0 bridgehead atoms. The van der Waals surface area contributed by atoms with Gasteiger partial charge in [-0.15, -0.1) is 0 Å². The van der Waals surface area contributed by atoms with Crippen LogP contribution in [0.3, 0.4) is 0 Å². The molecule has 2 N–H and O–H groups in total. The minimum atomic E-state index is -0.162. The van der Waals surface area contributed by atoms with Gasteiger partial charge in [0.25, 0.3) is 0 Å². The van der Waals surface area contributed by atoms with E-state index in [2.05, 4.69) is 19.1 Å². The number of nitrogens with two attached hydrogens (primary N) is 1. The maximum atomic E-state index is 6.65. The first kappa shape index (κ1) is 11.8. The van der Waals surface area contributed by atoms with Gasteiger partial charge in [0.15, 0.2) is 11.5 Å². The van der Waals surface area contributed by atoms with Crippen molar-refractivity contribution in [3.63, 3.8) is 0 Å². The minimum Gasteiger partial charge on any atom is -0.454 e. The van der Waals surface area contributed by atoms with Gasteiger partial charge in [0.2, 0.25) is 6.79 Å². The molecule has 0 spiro atoms. The Morgan fingerprint density at radius 2 is 1.78 bits per heavy atom. The highest BCUT2D eigenvalue weighted by atomic mass is 16.7. The fraction of sp³-hybridized carbons (Fsp3) is 0.600. The van der Waals surface area contributed by atoms with Crippen LogP contribution in [0.1, 0.15) is 50.2 Å². The first-order valence-corrected chi connectivity index (χ1v) is 6.95. The van der Waals surface area contributed by atoms with Crippen LogP contribution in [0.5, 0.6) is 11.5 Å². The van der Waals surface area contributed by atoms with Gasteiger partial charge >= 0.3 is 0 Å². The summed E-state index contributed by atoms with van der Waals surface area (Å²) in [5.41, 5.74) is 9.07. The van der Waals surface area contributed by atoms with E-state index in [9.17, 15) is 0 Å². The first-order valence-electron chi connectivity index (χ1n) is 6.95. The Bertz CT molecular complexity index is 450. The third kappa shape index (κ3) is 1.87. The molecule has 3 rings (SSSR count). The molecule has 0 unspecified atom stereocenters. The van der Waals surface area contributed by atoms with E-state index in [1.165, 1.54) is 30.4 Å². The zero-order valence-corrected chi connectivity index (χ0v) is 11.0. The Hall–Kier alpha value is -1.22. The van der Waals surface area contributed by atoms with Crippen LogP contribution in [0.15, 0.2) is 12.1 Å². The van der Waals surface area contributed by atoms with Gasteiger partial charge in [0.1, 0.15) is 0 Å². The smallest absolute Gasteiger partial charge is 0.231 e. The molecule has 0 saturated heterocycles. The molecule has 1 saturated carbocycles. The van der Waals surface area contributed by atoms with Crippen molar-refractivity contribution in [2.45, 2.75) is 51.0 Å². The monoisotopic (exact) mass is 247 g/mol. The van der Waals surface area contributed by atoms with E-state index in [4.69, 9.17) is 15.2 Å². The van der Waals surface area contributed by atoms with E-state index in [-0.39, 0.29) is 5.54 Å². The summed E-state index contributed by atoms with van der Waals surface area (Å²) in [5, 5.41) is 0. The van der Waals surface area contributed by atoms with Gasteiger partial charge < -0.3 is 15.2 Å². The van der Waals surface area contributed by atoms with Gasteiger partial charge in [-0.25, -0.2) is 0 Å². The molecule has 18 heavy (non-hydrogen) atoms. The quantitative estimate of drug-likeness (QED) is 0.873. The van der Waals surface area contributed by atoms with Crippen LogP contribution in [0.4, 0.5) is 0 Å². The van der Waals surface area contributed by atoms with E-state index >= 15 is 0 Å². The zero-order chi connectivity index (χ0) is 12.6. The van der Waals surface area contributed by atoms with Crippen molar-refractivity contribution in [3.05, 3.63) is 23.3 Å². The van der Waals surface area contributed by atoms with Crippen LogP contribution in [0.2, 0.25) is 0 Å². The highest BCUT2D eigenvalue weighted by molar-refractivity contribution is 5.51. The molecule has 98 valence electrons. The Kier molecular flexibility index (Phi) is 2.94. The second-order valence-electron chi connectivity index (χ2n) is 5.43. The van der Waals surface area contributed by atoms with Gasteiger partial charge in [-0.05, 0) is 42.5 Å². The van der Waals surface area contributed by atoms with Crippen molar-refractivity contribution in [2.75, 3.05) is 6.79 Å². The lowest BCUT2D eigenvalue weighted by molar-refractivity contribution is 0.173. The van der Waals surface area contributed by atoms with Crippen LogP contribution in [0.25, 0.3) is 0 Å². The summed E-state index contributed by atoms with van der Waals surface area (Å²) < 4.78 is 10.9. The van der Waals surface area contributed by atoms with Gasteiger partial charge in [-0.3, -0.25) is 0 Å². The molecule has 1 aromatic rings. The number of ether oxygens (including phenoxy) is 2. The Labute approximate surface area is 108 Å². The summed E-state index contributed by atoms with van der Waals surface area (Å²) in [6.07, 6.45) is 6.93. The molecule has 3 nitrogen and oxygen atoms in total. The van der Waals surface area contributed by atoms with Crippen molar-refractivity contribution in [2.24, 2.45) is 5.73 Å². The molecule has 0 aromatic heterocycles. The van der Waals surface area contributed by atoms with Crippen molar-refractivity contribution >= 4 is 0 Å². The van der Waals surface area contributed by atoms with Crippen molar-refractivity contribution < 1.29 is 9.47 Å². The molecule has 0 amide bonds. The highest BCUT2D eigenvalue weighted by Crippen LogP contribution is 2.42. The molecular weight excluding hydrogens is 226 g/mol. The topological polar surface area (TPSA) is 44.5 Å². The lowest BCUT2D eigenvalue weighted by Gasteiger charge is -2.35. The van der Waals surface area contributed by atoms with Crippen LogP contribution in [-0.2, 0) is 12.0 Å². The molecular formula is C15H21NO2. The van der Waals surface area contributed by atoms with Crippen LogP contribution >= 0.6 is 0 Å². The standard InChI is InChI=1S/C15H21NO2/c1-2-11-8-13-14(18-10-17-13)9-12(11)15(16)6-4-3-5-7-15/h8-9H,2-7,10,16H2,1H3. The summed E-state index contributed by atoms with van der Waals surface area (Å²) >= 11 is 0. The van der Waals surface area contributed by atoms with Gasteiger partial charge in [-0.2, -0.15) is 0 Å². The van der Waals surface area contributed by atoms with Crippen molar-refractivity contribution in [1.29, 1.82) is 0 Å². The molecule has 3 heteroatoms. The SMILES string of the molecule is CCc1cc2c(cc1C1(N)CCCCC1)OCO2. The zero-order valence-electron chi connectivity index (χ0n) is 11.0. The number of aryl methyl sites for hydroxylation is 1. The summed E-state index contributed by atoms with van der Waals surface area (Å²) in [6, 6.07) is 4.23. The van der Waals surface area contributed by atoms with Crippen LogP contribution in [-0.4, -0.2) is 6.79 Å². The predicted molar refractivity (Wildman–Crippen MR) is 70.9 cm³/mol. The normalized spacial score (nSPS) is 21.0. The molecule has 2 aliphatic rings. The lowest BCUT2D eigenvalue weighted by Crippen LogP contribution is -2.39. The fourth-order valence-corrected chi connectivity index (χ4v) is 3.19. The lowest BCUT2D eigenvalue weighted by atomic mass is 9.75. The predicted octanol–water partition coefficient (Wildman–Crippen LogP) is 3.10. The van der Waals surface area contributed by atoms with Gasteiger partial charge in [-0.1, -0.05) is 26.2 Å². The summed E-state index contributed by atoms with van der Waals surface area (Å²) in [6.45, 7) is 2.51. The molecule has 1 aliphatic heterocycles. The molecule has 1 heterocycles. The van der Waals surface area contributed by atoms with E-state index in [0.717, 1.165) is 30.8 Å². The van der Waals surface area contributed by atoms with Gasteiger partial charge in [0, 0.05) is 5.54 Å². The highest BCUT2D eigenvalue weighted by Gasteiger charge is 2.33. The Morgan fingerprint density at radius 3 is 2.44 bits per heavy atom. The number of fused-ring (bicyclic) bond motifs is 1. The minimum absolute atomic E-state index is 0.162. The maximum absolute atomic E-state index is 6.65. The van der Waals surface area contributed by atoms with Crippen molar-refractivity contribution in [3.8, 4) is 11.5 Å². The Balaban J connectivity index is 2.04. The average Bonchev–Trinajstić information content (AvgIpc) is 2.85. The van der Waals surface area contributed by atoms with E-state index in [1.54, 1.807) is 0 Å². The average molecular weight is 247 g/mol. The number of rotatable bonds is 2. The van der Waals surface area contributed by atoms with E-state index in [0.29, 0.717) is 6.79 Å². The van der Waals surface area contributed by atoms with E-state index < -0.39 is 0 Å². The largest absolute Gasteiger partial charge is 0.454 e. The maximum Gasteiger partial charge on any atom is 0.231 e. The second kappa shape index (κ2) is 4.47. The molecule has 0 atom stereocenters. The second-order valence-corrected chi connectivity index (χ2v) is 5.43. The molecule has 1 aliphatic carbocycles. The number of hydrogen-bond acceptors (Lipinski definition) is 3. The van der Waals surface area contributed by atoms with Crippen molar-refractivity contribution in [1.82, 2.24) is 0 Å².